The number of fused-ring (bicyclic) bond motifs is 2. The van der Waals surface area contributed by atoms with Gasteiger partial charge < -0.3 is 10.0 Å². The van der Waals surface area contributed by atoms with Crippen molar-refractivity contribution in [1.29, 1.82) is 0 Å². The van der Waals surface area contributed by atoms with E-state index in [1.807, 2.05) is 6.92 Å². The number of Topliss-reactive ketones (excluding diaryl/α,β-unsaturated/α-hetero) is 1. The summed E-state index contributed by atoms with van der Waals surface area (Å²) in [4.78, 5) is 23.8. The molecular weight excluding hydrogens is 182 g/mol. The fraction of sp³-hybridized carbons (Fsp3) is 0.800. The minimum absolute atomic E-state index is 0.0280. The van der Waals surface area contributed by atoms with Crippen molar-refractivity contribution in [3.63, 3.8) is 0 Å². The third kappa shape index (κ3) is 1.29. The average Bonchev–Trinajstić information content (AvgIpc) is 2.38. The molecule has 1 saturated heterocycles. The molecule has 0 aromatic rings. The summed E-state index contributed by atoms with van der Waals surface area (Å²) in [6.07, 6.45) is 1.49. The molecule has 1 aliphatic heterocycles. The van der Waals surface area contributed by atoms with Crippen LogP contribution < -0.4 is 0 Å². The third-order valence-electron chi connectivity index (χ3n) is 3.67. The fourth-order valence-electron chi connectivity index (χ4n) is 2.77. The van der Waals surface area contributed by atoms with Crippen LogP contribution in [0.5, 0.6) is 0 Å². The Labute approximate surface area is 82.9 Å². The summed E-state index contributed by atoms with van der Waals surface area (Å²) in [6.45, 7) is 3.00. The molecule has 1 heterocycles. The standard InChI is InChI=1S/C10H15NO3/c1-2-10-3-7(8(12)4-10)5-11(6-10)9(13)14/h7H,2-6H2,1H3,(H,13,14). The number of carbonyl (C=O) groups excluding carboxylic acids is 1. The van der Waals surface area contributed by atoms with Crippen molar-refractivity contribution in [3.8, 4) is 0 Å². The number of nitrogens with zero attached hydrogens (tertiary/aromatic N) is 1. The molecule has 2 unspecified atom stereocenters. The average molecular weight is 197 g/mol. The van der Waals surface area contributed by atoms with Gasteiger partial charge in [0.2, 0.25) is 0 Å². The highest BCUT2D eigenvalue weighted by atomic mass is 16.4. The lowest BCUT2D eigenvalue weighted by Gasteiger charge is -2.37. The summed E-state index contributed by atoms with van der Waals surface area (Å²) < 4.78 is 0. The molecule has 2 bridgehead atoms. The first kappa shape index (κ1) is 9.49. The second kappa shape index (κ2) is 2.97. The predicted molar refractivity (Wildman–Crippen MR) is 50.1 cm³/mol. The molecule has 0 aromatic heterocycles. The van der Waals surface area contributed by atoms with E-state index in [0.717, 1.165) is 12.8 Å². The Morgan fingerprint density at radius 2 is 2.43 bits per heavy atom. The van der Waals surface area contributed by atoms with Crippen molar-refractivity contribution in [2.24, 2.45) is 11.3 Å². The van der Waals surface area contributed by atoms with E-state index >= 15 is 0 Å². The Hall–Kier alpha value is -1.06. The molecule has 2 atom stereocenters. The van der Waals surface area contributed by atoms with Gasteiger partial charge in [-0.05, 0) is 18.3 Å². The second-order valence-corrected chi connectivity index (χ2v) is 4.56. The summed E-state index contributed by atoms with van der Waals surface area (Å²) in [5, 5.41) is 8.91. The van der Waals surface area contributed by atoms with Gasteiger partial charge in [-0.2, -0.15) is 0 Å². The van der Waals surface area contributed by atoms with Gasteiger partial charge in [-0.15, -0.1) is 0 Å². The molecule has 0 radical (unpaired) electrons. The van der Waals surface area contributed by atoms with Crippen LogP contribution in [0, 0.1) is 11.3 Å². The van der Waals surface area contributed by atoms with E-state index in [1.54, 1.807) is 0 Å². The Kier molecular flexibility index (Phi) is 2.01. The number of hydrogen-bond donors (Lipinski definition) is 1. The molecule has 0 spiro atoms. The fourth-order valence-corrected chi connectivity index (χ4v) is 2.77. The maximum atomic E-state index is 11.6. The summed E-state index contributed by atoms with van der Waals surface area (Å²) in [7, 11) is 0. The lowest BCUT2D eigenvalue weighted by Crippen LogP contribution is -2.45. The Morgan fingerprint density at radius 3 is 3.00 bits per heavy atom. The first-order valence-electron chi connectivity index (χ1n) is 5.07. The van der Waals surface area contributed by atoms with E-state index < -0.39 is 6.09 Å². The van der Waals surface area contributed by atoms with Crippen LogP contribution in [0.25, 0.3) is 0 Å². The predicted octanol–water partition coefficient (Wildman–Crippen LogP) is 1.36. The molecule has 78 valence electrons. The zero-order chi connectivity index (χ0) is 10.3. The van der Waals surface area contributed by atoms with Crippen LogP contribution in [0.4, 0.5) is 4.79 Å². The maximum absolute atomic E-state index is 11.6. The van der Waals surface area contributed by atoms with E-state index in [-0.39, 0.29) is 17.1 Å². The number of rotatable bonds is 1. The van der Waals surface area contributed by atoms with Crippen LogP contribution in [-0.2, 0) is 4.79 Å². The molecular formula is C10H15NO3. The number of hydrogen-bond acceptors (Lipinski definition) is 2. The number of carbonyl (C=O) groups is 2. The molecule has 1 N–H and O–H groups in total. The molecule has 2 fully saturated rings. The highest BCUT2D eigenvalue weighted by Crippen LogP contribution is 2.46. The summed E-state index contributed by atoms with van der Waals surface area (Å²) in [6, 6.07) is 0. The molecule has 1 amide bonds. The van der Waals surface area contributed by atoms with Gasteiger partial charge in [0, 0.05) is 25.4 Å². The third-order valence-corrected chi connectivity index (χ3v) is 3.67. The lowest BCUT2D eigenvalue weighted by molar-refractivity contribution is -0.120. The highest BCUT2D eigenvalue weighted by Gasteiger charge is 2.49. The zero-order valence-corrected chi connectivity index (χ0v) is 8.32. The van der Waals surface area contributed by atoms with Crippen LogP contribution in [-0.4, -0.2) is 35.0 Å². The maximum Gasteiger partial charge on any atom is 0.407 e. The van der Waals surface area contributed by atoms with Gasteiger partial charge in [0.25, 0.3) is 0 Å². The van der Waals surface area contributed by atoms with Crippen LogP contribution in [0.15, 0.2) is 0 Å². The number of ketones is 1. The van der Waals surface area contributed by atoms with Crippen molar-refractivity contribution < 1.29 is 14.7 Å². The quantitative estimate of drug-likeness (QED) is 0.690. The number of piperidine rings is 1. The van der Waals surface area contributed by atoms with Crippen LogP contribution in [0.1, 0.15) is 26.2 Å². The smallest absolute Gasteiger partial charge is 0.407 e. The SMILES string of the molecule is CCC12CC(=O)C(CN(C(=O)O)C1)C2. The zero-order valence-electron chi connectivity index (χ0n) is 8.32. The van der Waals surface area contributed by atoms with Crippen LogP contribution >= 0.6 is 0 Å². The number of amides is 1. The van der Waals surface area contributed by atoms with Gasteiger partial charge in [-0.3, -0.25) is 4.79 Å². The van der Waals surface area contributed by atoms with Crippen molar-refractivity contribution in [2.75, 3.05) is 13.1 Å². The second-order valence-electron chi connectivity index (χ2n) is 4.56. The summed E-state index contributed by atoms with van der Waals surface area (Å²) >= 11 is 0. The summed E-state index contributed by atoms with van der Waals surface area (Å²) in [5.41, 5.74) is -0.0433. The van der Waals surface area contributed by atoms with Crippen molar-refractivity contribution in [1.82, 2.24) is 4.90 Å². The van der Waals surface area contributed by atoms with E-state index in [0.29, 0.717) is 19.5 Å². The Balaban J connectivity index is 2.21. The van der Waals surface area contributed by atoms with E-state index in [2.05, 4.69) is 0 Å². The molecule has 4 heteroatoms. The van der Waals surface area contributed by atoms with Gasteiger partial charge in [-0.1, -0.05) is 6.92 Å². The van der Waals surface area contributed by atoms with Gasteiger partial charge in [-0.25, -0.2) is 4.79 Å². The number of carboxylic acid groups (broad SMARTS) is 1. The molecule has 2 rings (SSSR count). The monoisotopic (exact) mass is 197 g/mol. The molecule has 0 aromatic carbocycles. The summed E-state index contributed by atoms with van der Waals surface area (Å²) in [5.74, 6) is 0.232. The van der Waals surface area contributed by atoms with E-state index in [9.17, 15) is 9.59 Å². The van der Waals surface area contributed by atoms with Crippen LogP contribution in [0.3, 0.4) is 0 Å². The first-order valence-corrected chi connectivity index (χ1v) is 5.07. The van der Waals surface area contributed by atoms with E-state index in [4.69, 9.17) is 5.11 Å². The first-order chi connectivity index (χ1) is 6.56. The molecule has 14 heavy (non-hydrogen) atoms. The Bertz CT molecular complexity index is 289. The van der Waals surface area contributed by atoms with Crippen molar-refractivity contribution in [2.45, 2.75) is 26.2 Å². The van der Waals surface area contributed by atoms with Gasteiger partial charge in [0.15, 0.2) is 0 Å². The largest absolute Gasteiger partial charge is 0.465 e. The molecule has 1 aliphatic carbocycles. The molecule has 2 aliphatic rings. The van der Waals surface area contributed by atoms with Gasteiger partial charge in [0.05, 0.1) is 0 Å². The van der Waals surface area contributed by atoms with E-state index in [1.165, 1.54) is 4.90 Å². The highest BCUT2D eigenvalue weighted by molar-refractivity contribution is 5.85. The van der Waals surface area contributed by atoms with Crippen molar-refractivity contribution in [3.05, 3.63) is 0 Å². The van der Waals surface area contributed by atoms with Crippen LogP contribution in [0.2, 0.25) is 0 Å². The molecule has 4 nitrogen and oxygen atoms in total. The van der Waals surface area contributed by atoms with Gasteiger partial charge >= 0.3 is 6.09 Å². The van der Waals surface area contributed by atoms with Crippen molar-refractivity contribution >= 4 is 11.9 Å². The van der Waals surface area contributed by atoms with Gasteiger partial charge in [0.1, 0.15) is 5.78 Å². The normalized spacial score (nSPS) is 36.2. The topological polar surface area (TPSA) is 57.6 Å². The Morgan fingerprint density at radius 1 is 1.71 bits per heavy atom. The number of likely N-dealkylation sites (tertiary alicyclic amines) is 1. The minimum atomic E-state index is -0.887. The molecule has 1 saturated carbocycles. The minimum Gasteiger partial charge on any atom is -0.465 e. The lowest BCUT2D eigenvalue weighted by atomic mass is 9.80.